The quantitative estimate of drug-likeness (QED) is 0.0504. The van der Waals surface area contributed by atoms with Crippen molar-refractivity contribution in [3.8, 4) is 0 Å². The number of nitrogens with one attached hydrogen (secondary N) is 6. The molecule has 7 heterocycles. The van der Waals surface area contributed by atoms with Gasteiger partial charge in [-0.1, -0.05) is 21.8 Å². The first-order valence-corrected chi connectivity index (χ1v) is 31.3. The Bertz CT molecular complexity index is 3310. The number of hydrogen-bond donors (Lipinski definition) is 9. The van der Waals surface area contributed by atoms with E-state index in [0.29, 0.717) is 0 Å². The number of H-pyrrole nitrogens is 3. The van der Waals surface area contributed by atoms with Crippen LogP contribution in [0.1, 0.15) is 96.8 Å². The molecule has 0 spiro atoms. The molecule has 4 saturated heterocycles. The molecular formula is C49H77Cl2F3N10O24P2. The number of aliphatic hydroxyl groups is 2. The number of nitrogens with two attached hydrogens (primary N) is 1. The van der Waals surface area contributed by atoms with Crippen molar-refractivity contribution in [3.05, 3.63) is 99.3 Å². The molecule has 4 unspecified atom stereocenters. The zero-order valence-corrected chi connectivity index (χ0v) is 51.4. The van der Waals surface area contributed by atoms with Crippen molar-refractivity contribution in [1.29, 1.82) is 0 Å². The summed E-state index contributed by atoms with van der Waals surface area (Å²) < 4.78 is 118. The molecule has 0 aliphatic carbocycles. The van der Waals surface area contributed by atoms with Crippen LogP contribution in [-0.2, 0) is 75.5 Å². The second kappa shape index (κ2) is 33.9. The maximum absolute atomic E-state index is 15.7. The van der Waals surface area contributed by atoms with Gasteiger partial charge in [-0.3, -0.25) is 76.1 Å². The van der Waals surface area contributed by atoms with Crippen molar-refractivity contribution in [2.45, 2.75) is 161 Å². The number of alkyl halides is 3. The molecule has 41 heteroatoms. The molecule has 0 saturated carbocycles. The van der Waals surface area contributed by atoms with E-state index in [9.17, 15) is 72.1 Å². The Morgan fingerprint density at radius 1 is 0.722 bits per heavy atom. The Morgan fingerprint density at radius 2 is 1.12 bits per heavy atom. The number of fused-ring (bicyclic) bond motifs is 1. The number of aromatic amines is 3. The summed E-state index contributed by atoms with van der Waals surface area (Å²) in [6.45, 7) is 7.94. The number of aliphatic hydroxyl groups excluding tert-OH is 2. The molecule has 4 fully saturated rings. The normalized spacial score (nSPS) is 28.6. The lowest BCUT2D eigenvalue weighted by atomic mass is 9.98. The SMILES string of the molecule is C.C.CC(C)OC(=O)CNP(=O)(Cl)Cl.CC(C)OC(=O)CNP1(=O)NCC(=O)OC2[C@@H](CO1)O[C@@H](n1ccc(=O)[nH]c1=O)[C@]2(C)F.CCC(=O)OC1[C@@H](CO)O[C@@H](n2ccc(=O)[nH]c2=O)[C@]1(C)F.C[C@@]1(F)C(OC(=O)CN)[C@@H](CO)O[C@H]1n1ccc(=O)[nH]c1=O.[HH]. The van der Waals surface area contributed by atoms with Gasteiger partial charge in [0.2, 0.25) is 0 Å². The van der Waals surface area contributed by atoms with Gasteiger partial charge in [-0.25, -0.2) is 42.8 Å². The third-order valence-electron chi connectivity index (χ3n) is 12.4. The standard InChI is InChI=1S/C17H24FN4O9P.C13H17FN2O6.C12H16FN3O6.C5H10Cl2NO3P.2CH4.H2/c1-9(2)29-12(24)6-19-32(27)20-7-13(25)31-14-10(8-28-32)30-15(17(14,3)18)22-5-4-11(23)21-16(22)26;1-3-9(19)22-10-7(6-17)21-11(13(10,2)14)16-5-4-8(18)15-12(16)20;1-12(13)9(22-8(19)4-14)6(5-17)21-10(12)16-3-2-7(18)15-11(16)20;1-4(2)11-5(9)3-8-12(6,7)10;;;/h4-5,9-10,14-15H,6-8H2,1-3H3,(H2,19,20,27)(H,21,23,26);4-5,7,10-11,17H,3,6H2,1-2H3,(H,15,18,20);2-3,6,9-10,17H,4-5,14H2,1H3,(H,15,18,20);4H,3H2,1-2H3,(H,8,10);2*1H4;1H/t10-,14?,15-,17-,32?;7-,10?,11-,13-;6-,9?,10-,12-;;;;/m111..../s1. The first-order chi connectivity index (χ1) is 40.8. The smallest absolute Gasteiger partial charge is 0.341 e. The van der Waals surface area contributed by atoms with Crippen LogP contribution in [0, 0.1) is 0 Å². The fourth-order valence-corrected chi connectivity index (χ4v) is 10.5. The molecular weight excluding hydrogens is 1300 g/mol. The van der Waals surface area contributed by atoms with Gasteiger partial charge >= 0.3 is 60.6 Å². The number of aromatic nitrogens is 6. The molecule has 512 valence electrons. The first kappa shape index (κ1) is 79.9. The van der Waals surface area contributed by atoms with Crippen LogP contribution in [0.25, 0.3) is 0 Å². The van der Waals surface area contributed by atoms with E-state index in [2.05, 4.69) is 15.3 Å². The number of hydrogen-bond acceptors (Lipinski definition) is 25. The second-order valence-electron chi connectivity index (χ2n) is 20.1. The van der Waals surface area contributed by atoms with Gasteiger partial charge in [-0.05, 0) is 70.9 Å². The Hall–Kier alpha value is -6.18. The van der Waals surface area contributed by atoms with Crippen LogP contribution in [0.15, 0.2) is 65.6 Å². The minimum absolute atomic E-state index is 0. The molecule has 3 aromatic rings. The van der Waals surface area contributed by atoms with Gasteiger partial charge in [0.05, 0.1) is 38.6 Å². The van der Waals surface area contributed by atoms with Gasteiger partial charge in [0.15, 0.2) is 54.0 Å². The number of carbonyl (C=O) groups excluding carboxylic acids is 5. The first-order valence-electron chi connectivity index (χ1n) is 26.2. The Balaban J connectivity index is 0.000000629. The highest BCUT2D eigenvalue weighted by Crippen LogP contribution is 2.52. The van der Waals surface area contributed by atoms with Crippen LogP contribution in [0.3, 0.4) is 0 Å². The molecule has 3 aromatic heterocycles. The third-order valence-corrected chi connectivity index (χ3v) is 15.3. The van der Waals surface area contributed by atoms with Gasteiger partial charge < -0.3 is 58.4 Å². The van der Waals surface area contributed by atoms with Crippen molar-refractivity contribution in [3.63, 3.8) is 0 Å². The van der Waals surface area contributed by atoms with E-state index in [0.717, 1.165) is 71.3 Å². The Kier molecular flexibility index (Phi) is 30.1. The average Bonchev–Trinajstić information content (AvgIpc) is 1.64. The topological polar surface area (TPSA) is 470 Å². The predicted octanol–water partition coefficient (Wildman–Crippen LogP) is 0.476. The lowest BCUT2D eigenvalue weighted by Gasteiger charge is -2.27. The fourth-order valence-electron chi connectivity index (χ4n) is 8.47. The fraction of sp³-hybridized carbons (Fsp3) is 0.653. The van der Waals surface area contributed by atoms with E-state index in [1.165, 1.54) is 0 Å². The summed E-state index contributed by atoms with van der Waals surface area (Å²) in [6.07, 6.45) is -9.73. The lowest BCUT2D eigenvalue weighted by molar-refractivity contribution is -0.158. The molecule has 0 bridgehead atoms. The van der Waals surface area contributed by atoms with Gasteiger partial charge in [0.1, 0.15) is 37.9 Å². The van der Waals surface area contributed by atoms with Crippen molar-refractivity contribution in [2.75, 3.05) is 46.0 Å². The van der Waals surface area contributed by atoms with Crippen molar-refractivity contribution < 1.29 is 100 Å². The van der Waals surface area contributed by atoms with E-state index >= 15 is 13.2 Å². The van der Waals surface area contributed by atoms with E-state index in [1.807, 2.05) is 15.0 Å². The van der Waals surface area contributed by atoms with E-state index in [-0.39, 0.29) is 35.3 Å². The van der Waals surface area contributed by atoms with Crippen LogP contribution in [0.4, 0.5) is 13.2 Å². The Labute approximate surface area is 520 Å². The number of rotatable bonds is 17. The minimum atomic E-state index is -3.97. The summed E-state index contributed by atoms with van der Waals surface area (Å²) in [5.74, 6) is -7.08. The van der Waals surface area contributed by atoms with E-state index < -0.39 is 195 Å². The van der Waals surface area contributed by atoms with Crippen LogP contribution in [0.2, 0.25) is 0 Å². The maximum atomic E-state index is 15.7. The zero-order valence-electron chi connectivity index (χ0n) is 48.1. The van der Waals surface area contributed by atoms with Crippen molar-refractivity contribution in [2.24, 2.45) is 5.73 Å². The summed E-state index contributed by atoms with van der Waals surface area (Å²) in [5, 5.41) is 25.4. The van der Waals surface area contributed by atoms with Gasteiger partial charge in [0, 0.05) is 44.6 Å². The average molecular weight is 1380 g/mol. The molecule has 34 nitrogen and oxygen atoms in total. The second-order valence-corrected chi connectivity index (χ2v) is 26.7. The molecule has 0 aromatic carbocycles. The summed E-state index contributed by atoms with van der Waals surface area (Å²) in [4.78, 5) is 133. The zero-order chi connectivity index (χ0) is 66.4. The summed E-state index contributed by atoms with van der Waals surface area (Å²) in [5.41, 5.74) is -6.51. The molecule has 0 amide bonds. The number of nitrogens with zero attached hydrogens (tertiary/aromatic N) is 3. The van der Waals surface area contributed by atoms with Gasteiger partial charge in [-0.15, -0.1) is 0 Å². The van der Waals surface area contributed by atoms with Crippen LogP contribution < -0.4 is 54.7 Å². The summed E-state index contributed by atoms with van der Waals surface area (Å²) >= 11 is 10.2. The van der Waals surface area contributed by atoms with Crippen LogP contribution in [-0.4, -0.2) is 181 Å². The third kappa shape index (κ3) is 21.7. The molecule has 4 aliphatic heterocycles. The number of halogens is 5. The number of esters is 5. The highest BCUT2D eigenvalue weighted by atomic mass is 35.9. The summed E-state index contributed by atoms with van der Waals surface area (Å²) in [7, 11) is -3.97. The molecule has 10 N–H and O–H groups in total. The van der Waals surface area contributed by atoms with Gasteiger partial charge in [0.25, 0.3) is 16.7 Å². The molecule has 0 radical (unpaired) electrons. The lowest BCUT2D eigenvalue weighted by Crippen LogP contribution is -2.46. The molecule has 7 rings (SSSR count). The molecule has 90 heavy (non-hydrogen) atoms. The monoisotopic (exact) mass is 1380 g/mol. The van der Waals surface area contributed by atoms with Crippen molar-refractivity contribution >= 4 is 66.0 Å². The number of carbonyl (C=O) groups is 5. The minimum Gasteiger partial charge on any atom is -0.462 e. The highest BCUT2D eigenvalue weighted by Gasteiger charge is 2.61. The van der Waals surface area contributed by atoms with Gasteiger partial charge in [-0.2, -0.15) is 0 Å². The molecule has 4 aliphatic rings. The van der Waals surface area contributed by atoms with E-state index in [4.69, 9.17) is 70.6 Å². The maximum Gasteiger partial charge on any atom is 0.341 e. The highest BCUT2D eigenvalue weighted by molar-refractivity contribution is 8.07. The largest absolute Gasteiger partial charge is 0.462 e. The predicted molar refractivity (Wildman–Crippen MR) is 312 cm³/mol. The Morgan fingerprint density at radius 3 is 1.49 bits per heavy atom. The van der Waals surface area contributed by atoms with Crippen LogP contribution >= 0.6 is 36.1 Å². The van der Waals surface area contributed by atoms with E-state index in [1.54, 1.807) is 34.6 Å². The van der Waals surface area contributed by atoms with Crippen molar-refractivity contribution in [1.82, 2.24) is 43.9 Å². The van der Waals surface area contributed by atoms with Crippen LogP contribution in [0.5, 0.6) is 0 Å². The summed E-state index contributed by atoms with van der Waals surface area (Å²) in [6, 6.07) is 3.07. The molecule has 13 atom stereocenters. The number of ether oxygens (including phenoxy) is 8.